The molecule has 1 aliphatic rings. The molecular weight excluding hydrogens is 342 g/mol. The first-order valence-electron chi connectivity index (χ1n) is 6.57. The zero-order chi connectivity index (χ0) is 15.1. The lowest BCUT2D eigenvalue weighted by molar-refractivity contribution is 0.281. The molecule has 20 heavy (non-hydrogen) atoms. The van der Waals surface area contributed by atoms with Crippen molar-refractivity contribution in [1.82, 2.24) is 4.31 Å². The van der Waals surface area contributed by atoms with E-state index in [-0.39, 0.29) is 16.9 Å². The van der Waals surface area contributed by atoms with Gasteiger partial charge in [0.25, 0.3) is 0 Å². The normalized spacial score (nSPS) is 19.4. The van der Waals surface area contributed by atoms with Gasteiger partial charge in [0.1, 0.15) is 0 Å². The highest BCUT2D eigenvalue weighted by atomic mass is 79.9. The molecule has 4 nitrogen and oxygen atoms in total. The van der Waals surface area contributed by atoms with Crippen LogP contribution in [0.2, 0.25) is 0 Å². The van der Waals surface area contributed by atoms with Crippen LogP contribution in [-0.4, -0.2) is 30.9 Å². The Morgan fingerprint density at radius 1 is 1.40 bits per heavy atom. The Morgan fingerprint density at radius 2 is 2.05 bits per heavy atom. The van der Waals surface area contributed by atoms with E-state index in [4.69, 9.17) is 0 Å². The predicted octanol–water partition coefficient (Wildman–Crippen LogP) is 2.67. The van der Waals surface area contributed by atoms with E-state index in [1.54, 1.807) is 23.4 Å². The molecule has 0 aromatic heterocycles. The summed E-state index contributed by atoms with van der Waals surface area (Å²) in [5, 5.41) is 9.26. The Labute approximate surface area is 129 Å². The van der Waals surface area contributed by atoms with E-state index in [0.717, 1.165) is 6.42 Å². The third kappa shape index (κ3) is 2.93. The van der Waals surface area contributed by atoms with Crippen molar-refractivity contribution in [3.05, 3.63) is 27.7 Å². The molecule has 6 heteroatoms. The first-order valence-corrected chi connectivity index (χ1v) is 8.81. The molecule has 2 rings (SSSR count). The van der Waals surface area contributed by atoms with Crippen molar-refractivity contribution < 1.29 is 13.5 Å². The van der Waals surface area contributed by atoms with Crippen molar-refractivity contribution >= 4 is 26.0 Å². The Hall–Kier alpha value is -0.430. The van der Waals surface area contributed by atoms with Gasteiger partial charge < -0.3 is 5.11 Å². The second-order valence-electron chi connectivity index (χ2n) is 6.11. The van der Waals surface area contributed by atoms with E-state index in [0.29, 0.717) is 28.7 Å². The van der Waals surface area contributed by atoms with Crippen molar-refractivity contribution in [2.24, 2.45) is 5.41 Å². The largest absolute Gasteiger partial charge is 0.392 e. The Kier molecular flexibility index (Phi) is 4.31. The monoisotopic (exact) mass is 361 g/mol. The van der Waals surface area contributed by atoms with Crippen LogP contribution in [0.25, 0.3) is 0 Å². The van der Waals surface area contributed by atoms with E-state index in [1.807, 2.05) is 0 Å². The number of sulfonamides is 1. The quantitative estimate of drug-likeness (QED) is 0.900. The van der Waals surface area contributed by atoms with Gasteiger partial charge in [0.2, 0.25) is 10.0 Å². The van der Waals surface area contributed by atoms with E-state index in [2.05, 4.69) is 29.8 Å². The fraction of sp³-hybridized carbons (Fsp3) is 0.571. The molecule has 0 radical (unpaired) electrons. The summed E-state index contributed by atoms with van der Waals surface area (Å²) >= 11 is 3.37. The topological polar surface area (TPSA) is 57.6 Å². The summed E-state index contributed by atoms with van der Waals surface area (Å²) in [5.41, 5.74) is 1.30. The Bertz CT molecular complexity index is 626. The third-order valence-electron chi connectivity index (χ3n) is 3.80. The SMILES string of the molecule is Cc1c(Br)cc(CO)cc1S(=O)(=O)N1CCC(C)(C)C1. The average Bonchev–Trinajstić information content (AvgIpc) is 2.73. The molecule has 1 aromatic carbocycles. The van der Waals surface area contributed by atoms with E-state index < -0.39 is 10.0 Å². The smallest absolute Gasteiger partial charge is 0.243 e. The Morgan fingerprint density at radius 3 is 2.55 bits per heavy atom. The van der Waals surface area contributed by atoms with Gasteiger partial charge in [-0.3, -0.25) is 0 Å². The summed E-state index contributed by atoms with van der Waals surface area (Å²) in [4.78, 5) is 0.286. The maximum atomic E-state index is 12.8. The lowest BCUT2D eigenvalue weighted by Crippen LogP contribution is -2.31. The number of aliphatic hydroxyl groups is 1. The minimum Gasteiger partial charge on any atom is -0.392 e. The molecule has 1 aliphatic heterocycles. The molecule has 1 saturated heterocycles. The number of benzene rings is 1. The van der Waals surface area contributed by atoms with E-state index >= 15 is 0 Å². The molecule has 0 saturated carbocycles. The van der Waals surface area contributed by atoms with Crippen LogP contribution >= 0.6 is 15.9 Å². The lowest BCUT2D eigenvalue weighted by atomic mass is 9.93. The first kappa shape index (κ1) is 15.9. The third-order valence-corrected chi connectivity index (χ3v) is 6.59. The molecule has 0 spiro atoms. The fourth-order valence-electron chi connectivity index (χ4n) is 2.47. The molecule has 0 unspecified atom stereocenters. The van der Waals surface area contributed by atoms with Gasteiger partial charge in [0, 0.05) is 17.6 Å². The van der Waals surface area contributed by atoms with E-state index in [9.17, 15) is 13.5 Å². The zero-order valence-electron chi connectivity index (χ0n) is 12.0. The molecule has 112 valence electrons. The summed E-state index contributed by atoms with van der Waals surface area (Å²) in [6.07, 6.45) is 0.867. The van der Waals surface area contributed by atoms with Crippen LogP contribution in [0.15, 0.2) is 21.5 Å². The van der Waals surface area contributed by atoms with Crippen LogP contribution in [0.3, 0.4) is 0 Å². The van der Waals surface area contributed by atoms with Crippen molar-refractivity contribution in [3.63, 3.8) is 0 Å². The van der Waals surface area contributed by atoms with Gasteiger partial charge in [-0.1, -0.05) is 29.8 Å². The average molecular weight is 362 g/mol. The number of hydrogen-bond donors (Lipinski definition) is 1. The molecule has 0 aliphatic carbocycles. The second-order valence-corrected chi connectivity index (χ2v) is 8.87. The number of nitrogens with zero attached hydrogens (tertiary/aromatic N) is 1. The van der Waals surface area contributed by atoms with Gasteiger partial charge in [-0.15, -0.1) is 0 Å². The van der Waals surface area contributed by atoms with Gasteiger partial charge in [-0.2, -0.15) is 4.31 Å². The highest BCUT2D eigenvalue weighted by Gasteiger charge is 2.37. The lowest BCUT2D eigenvalue weighted by Gasteiger charge is -2.21. The standard InChI is InChI=1S/C14H20BrNO3S/c1-10-12(15)6-11(8-17)7-13(10)20(18,19)16-5-4-14(2,3)9-16/h6-7,17H,4-5,8-9H2,1-3H3. The molecule has 1 heterocycles. The summed E-state index contributed by atoms with van der Waals surface area (Å²) in [6.45, 7) is 6.85. The van der Waals surface area contributed by atoms with Crippen LogP contribution in [0, 0.1) is 12.3 Å². The highest BCUT2D eigenvalue weighted by Crippen LogP contribution is 2.35. The molecule has 1 N–H and O–H groups in total. The molecule has 1 fully saturated rings. The van der Waals surface area contributed by atoms with Crippen LogP contribution in [-0.2, 0) is 16.6 Å². The van der Waals surface area contributed by atoms with Gasteiger partial charge in [-0.25, -0.2) is 8.42 Å². The summed E-state index contributed by atoms with van der Waals surface area (Å²) < 4.78 is 27.8. The minimum absolute atomic E-state index is 0.0206. The fourth-order valence-corrected chi connectivity index (χ4v) is 5.04. The first-order chi connectivity index (χ1) is 9.17. The zero-order valence-corrected chi connectivity index (χ0v) is 14.4. The van der Waals surface area contributed by atoms with E-state index in [1.165, 1.54) is 0 Å². The van der Waals surface area contributed by atoms with Gasteiger partial charge in [0.05, 0.1) is 11.5 Å². The van der Waals surface area contributed by atoms with Crippen molar-refractivity contribution in [2.75, 3.05) is 13.1 Å². The molecule has 1 aromatic rings. The molecular formula is C14H20BrNO3S. The van der Waals surface area contributed by atoms with Gasteiger partial charge >= 0.3 is 0 Å². The van der Waals surface area contributed by atoms with Crippen LogP contribution in [0.5, 0.6) is 0 Å². The number of aliphatic hydroxyl groups excluding tert-OH is 1. The van der Waals surface area contributed by atoms with Crippen LogP contribution < -0.4 is 0 Å². The second kappa shape index (κ2) is 5.40. The number of halogens is 1. The van der Waals surface area contributed by atoms with Crippen molar-refractivity contribution in [3.8, 4) is 0 Å². The van der Waals surface area contributed by atoms with Crippen LogP contribution in [0.1, 0.15) is 31.4 Å². The Balaban J connectivity index is 2.47. The van der Waals surface area contributed by atoms with Gasteiger partial charge in [0.15, 0.2) is 0 Å². The number of rotatable bonds is 3. The summed E-state index contributed by atoms with van der Waals surface area (Å²) in [7, 11) is -3.50. The predicted molar refractivity (Wildman–Crippen MR) is 82.0 cm³/mol. The maximum absolute atomic E-state index is 12.8. The minimum atomic E-state index is -3.50. The molecule has 0 amide bonds. The molecule has 0 bridgehead atoms. The van der Waals surface area contributed by atoms with Gasteiger partial charge in [-0.05, 0) is 42.0 Å². The van der Waals surface area contributed by atoms with Crippen molar-refractivity contribution in [1.29, 1.82) is 0 Å². The molecule has 0 atom stereocenters. The van der Waals surface area contributed by atoms with Crippen molar-refractivity contribution in [2.45, 2.75) is 38.7 Å². The highest BCUT2D eigenvalue weighted by molar-refractivity contribution is 9.10. The number of hydrogen-bond acceptors (Lipinski definition) is 3. The van der Waals surface area contributed by atoms with Crippen LogP contribution in [0.4, 0.5) is 0 Å². The maximum Gasteiger partial charge on any atom is 0.243 e. The summed E-state index contributed by atoms with van der Waals surface area (Å²) in [6, 6.07) is 3.32. The summed E-state index contributed by atoms with van der Waals surface area (Å²) in [5.74, 6) is 0.